The average Bonchev–Trinajstić information content (AvgIpc) is 2.18. The number of carboxylic acid groups (broad SMARTS) is 1. The van der Waals surface area contributed by atoms with Crippen molar-refractivity contribution in [1.29, 1.82) is 0 Å². The number of carbonyl (C=O) groups is 1. The molecule has 1 aromatic heterocycles. The molecule has 0 amide bonds. The molecule has 1 atom stereocenters. The molecule has 0 aliphatic rings. The predicted octanol–water partition coefficient (Wildman–Crippen LogP) is 2.44. The summed E-state index contributed by atoms with van der Waals surface area (Å²) in [6.07, 6.45) is 5.54. The Hall–Kier alpha value is -1.38. The number of rotatable bonds is 5. The Morgan fingerprint density at radius 3 is 2.64 bits per heavy atom. The van der Waals surface area contributed by atoms with Crippen LogP contribution >= 0.6 is 0 Å². The Kier molecular flexibility index (Phi) is 4.11. The van der Waals surface area contributed by atoms with Gasteiger partial charge in [-0.05, 0) is 30.0 Å². The second-order valence-corrected chi connectivity index (χ2v) is 3.36. The summed E-state index contributed by atoms with van der Waals surface area (Å²) >= 11 is 0. The highest BCUT2D eigenvalue weighted by atomic mass is 16.4. The van der Waals surface area contributed by atoms with E-state index in [9.17, 15) is 4.79 Å². The number of hydrogen-bond donors (Lipinski definition) is 1. The third-order valence-corrected chi connectivity index (χ3v) is 2.24. The second kappa shape index (κ2) is 5.37. The Balaban J connectivity index is 2.72. The minimum atomic E-state index is -0.736. The molecule has 14 heavy (non-hydrogen) atoms. The molecule has 3 heteroatoms. The van der Waals surface area contributed by atoms with E-state index in [0.717, 1.165) is 18.4 Å². The van der Waals surface area contributed by atoms with Crippen molar-refractivity contribution in [1.82, 2.24) is 4.98 Å². The molecule has 3 nitrogen and oxygen atoms in total. The van der Waals surface area contributed by atoms with Gasteiger partial charge in [-0.2, -0.15) is 0 Å². The smallest absolute Gasteiger partial charge is 0.303 e. The van der Waals surface area contributed by atoms with Gasteiger partial charge in [0.1, 0.15) is 0 Å². The van der Waals surface area contributed by atoms with Gasteiger partial charge < -0.3 is 5.11 Å². The number of aromatic nitrogens is 1. The van der Waals surface area contributed by atoms with Crippen LogP contribution < -0.4 is 0 Å². The van der Waals surface area contributed by atoms with Crippen molar-refractivity contribution in [3.8, 4) is 0 Å². The van der Waals surface area contributed by atoms with Crippen molar-refractivity contribution in [3.05, 3.63) is 30.1 Å². The first-order chi connectivity index (χ1) is 6.74. The van der Waals surface area contributed by atoms with Gasteiger partial charge in [-0.15, -0.1) is 0 Å². The fraction of sp³-hybridized carbons (Fsp3) is 0.455. The zero-order valence-electron chi connectivity index (χ0n) is 8.31. The molecule has 1 heterocycles. The van der Waals surface area contributed by atoms with Crippen LogP contribution in [0.15, 0.2) is 24.5 Å². The number of nitrogens with zero attached hydrogens (tertiary/aromatic N) is 1. The molecule has 0 aromatic carbocycles. The van der Waals surface area contributed by atoms with Crippen LogP contribution in [0.1, 0.15) is 37.7 Å². The summed E-state index contributed by atoms with van der Waals surface area (Å²) < 4.78 is 0. The maximum atomic E-state index is 10.6. The number of pyridine rings is 1. The Bertz CT molecular complexity index is 285. The Labute approximate surface area is 83.8 Å². The fourth-order valence-electron chi connectivity index (χ4n) is 1.58. The summed E-state index contributed by atoms with van der Waals surface area (Å²) in [6, 6.07) is 3.78. The minimum absolute atomic E-state index is 0.125. The lowest BCUT2D eigenvalue weighted by molar-refractivity contribution is -0.137. The van der Waals surface area contributed by atoms with E-state index in [4.69, 9.17) is 5.11 Å². The van der Waals surface area contributed by atoms with E-state index in [-0.39, 0.29) is 12.3 Å². The number of aliphatic carboxylic acids is 1. The topological polar surface area (TPSA) is 50.2 Å². The molecule has 0 fully saturated rings. The minimum Gasteiger partial charge on any atom is -0.481 e. The highest BCUT2D eigenvalue weighted by Gasteiger charge is 2.13. The van der Waals surface area contributed by atoms with E-state index in [2.05, 4.69) is 11.9 Å². The zero-order valence-corrected chi connectivity index (χ0v) is 8.31. The molecule has 76 valence electrons. The molecule has 0 saturated carbocycles. The van der Waals surface area contributed by atoms with Crippen molar-refractivity contribution in [2.75, 3.05) is 0 Å². The summed E-state index contributed by atoms with van der Waals surface area (Å²) in [4.78, 5) is 14.6. The van der Waals surface area contributed by atoms with E-state index in [1.54, 1.807) is 12.4 Å². The summed E-state index contributed by atoms with van der Waals surface area (Å²) in [6.45, 7) is 2.07. The van der Waals surface area contributed by atoms with Gasteiger partial charge in [-0.3, -0.25) is 9.78 Å². The highest BCUT2D eigenvalue weighted by Crippen LogP contribution is 2.23. The molecular formula is C11H15NO2. The largest absolute Gasteiger partial charge is 0.481 e. The van der Waals surface area contributed by atoms with Gasteiger partial charge in [0.2, 0.25) is 0 Å². The standard InChI is InChI=1S/C11H15NO2/c1-2-3-10(8-11(13)14)9-4-6-12-7-5-9/h4-7,10H,2-3,8H2,1H3,(H,13,14). The van der Waals surface area contributed by atoms with Gasteiger partial charge in [0.15, 0.2) is 0 Å². The van der Waals surface area contributed by atoms with Crippen molar-refractivity contribution < 1.29 is 9.90 Å². The second-order valence-electron chi connectivity index (χ2n) is 3.36. The van der Waals surface area contributed by atoms with E-state index in [1.165, 1.54) is 0 Å². The van der Waals surface area contributed by atoms with Gasteiger partial charge in [0.05, 0.1) is 6.42 Å². The molecule has 1 aromatic rings. The third kappa shape index (κ3) is 3.17. The quantitative estimate of drug-likeness (QED) is 0.781. The maximum Gasteiger partial charge on any atom is 0.303 e. The summed E-state index contributed by atoms with van der Waals surface area (Å²) in [5, 5.41) is 8.76. The Morgan fingerprint density at radius 1 is 1.50 bits per heavy atom. The van der Waals surface area contributed by atoms with E-state index < -0.39 is 5.97 Å². The SMILES string of the molecule is CCCC(CC(=O)O)c1ccncc1. The van der Waals surface area contributed by atoms with Gasteiger partial charge in [-0.1, -0.05) is 13.3 Å². The van der Waals surface area contributed by atoms with Crippen LogP contribution in [-0.4, -0.2) is 16.1 Å². The summed E-state index contributed by atoms with van der Waals surface area (Å²) in [5.41, 5.74) is 1.07. The van der Waals surface area contributed by atoms with E-state index in [1.807, 2.05) is 12.1 Å². The monoisotopic (exact) mass is 193 g/mol. The van der Waals surface area contributed by atoms with Gasteiger partial charge in [0, 0.05) is 12.4 Å². The van der Waals surface area contributed by atoms with Crippen LogP contribution in [0.3, 0.4) is 0 Å². The molecule has 0 bridgehead atoms. The zero-order chi connectivity index (χ0) is 10.4. The lowest BCUT2D eigenvalue weighted by Gasteiger charge is -2.13. The van der Waals surface area contributed by atoms with Gasteiger partial charge >= 0.3 is 5.97 Å². The van der Waals surface area contributed by atoms with Crippen LogP contribution in [-0.2, 0) is 4.79 Å². The van der Waals surface area contributed by atoms with E-state index in [0.29, 0.717) is 0 Å². The van der Waals surface area contributed by atoms with Crippen molar-refractivity contribution in [2.45, 2.75) is 32.1 Å². The van der Waals surface area contributed by atoms with Crippen LogP contribution in [0.4, 0.5) is 0 Å². The molecule has 1 rings (SSSR count). The number of carboxylic acids is 1. The molecule has 0 spiro atoms. The lowest BCUT2D eigenvalue weighted by atomic mass is 9.92. The van der Waals surface area contributed by atoms with Gasteiger partial charge in [0.25, 0.3) is 0 Å². The van der Waals surface area contributed by atoms with Crippen LogP contribution in [0, 0.1) is 0 Å². The third-order valence-electron chi connectivity index (χ3n) is 2.24. The Morgan fingerprint density at radius 2 is 2.14 bits per heavy atom. The molecule has 0 radical (unpaired) electrons. The maximum absolute atomic E-state index is 10.6. The summed E-state index contributed by atoms with van der Waals surface area (Å²) in [5.74, 6) is -0.610. The summed E-state index contributed by atoms with van der Waals surface area (Å²) in [7, 11) is 0. The first-order valence-corrected chi connectivity index (χ1v) is 4.85. The molecule has 0 aliphatic carbocycles. The van der Waals surface area contributed by atoms with Crippen LogP contribution in [0.2, 0.25) is 0 Å². The average molecular weight is 193 g/mol. The van der Waals surface area contributed by atoms with Gasteiger partial charge in [-0.25, -0.2) is 0 Å². The van der Waals surface area contributed by atoms with Crippen molar-refractivity contribution >= 4 is 5.97 Å². The normalized spacial score (nSPS) is 12.4. The fourth-order valence-corrected chi connectivity index (χ4v) is 1.58. The first kappa shape index (κ1) is 10.7. The molecular weight excluding hydrogens is 178 g/mol. The first-order valence-electron chi connectivity index (χ1n) is 4.85. The van der Waals surface area contributed by atoms with Crippen LogP contribution in [0.5, 0.6) is 0 Å². The van der Waals surface area contributed by atoms with Crippen LogP contribution in [0.25, 0.3) is 0 Å². The molecule has 0 saturated heterocycles. The highest BCUT2D eigenvalue weighted by molar-refractivity contribution is 5.68. The number of hydrogen-bond acceptors (Lipinski definition) is 2. The lowest BCUT2D eigenvalue weighted by Crippen LogP contribution is -2.06. The van der Waals surface area contributed by atoms with Crippen molar-refractivity contribution in [2.24, 2.45) is 0 Å². The molecule has 1 unspecified atom stereocenters. The molecule has 0 aliphatic heterocycles. The predicted molar refractivity (Wildman–Crippen MR) is 54.1 cm³/mol. The molecule has 1 N–H and O–H groups in total. The van der Waals surface area contributed by atoms with E-state index >= 15 is 0 Å². The van der Waals surface area contributed by atoms with Crippen molar-refractivity contribution in [3.63, 3.8) is 0 Å².